The zero-order valence-corrected chi connectivity index (χ0v) is 17.7. The van der Waals surface area contributed by atoms with Gasteiger partial charge in [0.05, 0.1) is 4.90 Å². The van der Waals surface area contributed by atoms with E-state index in [0.29, 0.717) is 16.5 Å². The van der Waals surface area contributed by atoms with Crippen molar-refractivity contribution in [2.24, 2.45) is 5.92 Å². The molecular weight excluding hydrogens is 396 g/mol. The summed E-state index contributed by atoms with van der Waals surface area (Å²) in [6.45, 7) is 3.98. The van der Waals surface area contributed by atoms with E-state index in [-0.39, 0.29) is 17.3 Å². The second-order valence-corrected chi connectivity index (χ2v) is 9.89. The Morgan fingerprint density at radius 2 is 1.79 bits per heavy atom. The van der Waals surface area contributed by atoms with E-state index in [1.54, 1.807) is 24.3 Å². The van der Waals surface area contributed by atoms with Gasteiger partial charge in [-0.05, 0) is 60.7 Å². The Morgan fingerprint density at radius 3 is 2.39 bits per heavy atom. The molecular formula is C21H25ClN2O3S. The number of amides is 1. The van der Waals surface area contributed by atoms with Crippen LogP contribution >= 0.6 is 11.6 Å². The molecule has 0 unspecified atom stereocenters. The summed E-state index contributed by atoms with van der Waals surface area (Å²) >= 11 is 5.84. The molecule has 0 radical (unpaired) electrons. The van der Waals surface area contributed by atoms with E-state index >= 15 is 0 Å². The van der Waals surface area contributed by atoms with Gasteiger partial charge in [0, 0.05) is 37.3 Å². The second kappa shape index (κ2) is 8.64. The Labute approximate surface area is 172 Å². The highest BCUT2D eigenvalue weighted by molar-refractivity contribution is 7.89. The van der Waals surface area contributed by atoms with Gasteiger partial charge < -0.3 is 4.90 Å². The topological polar surface area (TPSA) is 57.7 Å². The quantitative estimate of drug-likeness (QED) is 0.733. The number of rotatable bonds is 5. The summed E-state index contributed by atoms with van der Waals surface area (Å²) in [5, 5.41) is 0.491. The van der Waals surface area contributed by atoms with Crippen molar-refractivity contribution in [3.63, 3.8) is 0 Å². The molecule has 7 heteroatoms. The lowest BCUT2D eigenvalue weighted by Crippen LogP contribution is -2.39. The zero-order chi connectivity index (χ0) is 20.3. The second-order valence-electron chi connectivity index (χ2n) is 7.41. The molecule has 1 amide bonds. The Balaban J connectivity index is 1.68. The molecule has 1 saturated heterocycles. The van der Waals surface area contributed by atoms with Crippen molar-refractivity contribution >= 4 is 27.5 Å². The van der Waals surface area contributed by atoms with Gasteiger partial charge in [0.2, 0.25) is 10.0 Å². The molecule has 1 aliphatic heterocycles. The number of benzene rings is 2. The highest BCUT2D eigenvalue weighted by atomic mass is 35.5. The predicted octanol–water partition coefficient (Wildman–Crippen LogP) is 4.03. The summed E-state index contributed by atoms with van der Waals surface area (Å²) in [5.74, 6) is 0.573. The molecule has 1 atom stereocenters. The minimum absolute atomic E-state index is 0.0419. The van der Waals surface area contributed by atoms with Gasteiger partial charge in [0.15, 0.2) is 0 Å². The molecule has 1 heterocycles. The van der Waals surface area contributed by atoms with Gasteiger partial charge in [0.25, 0.3) is 5.91 Å². The molecule has 5 nitrogen and oxygen atoms in total. The fourth-order valence-electron chi connectivity index (χ4n) is 3.44. The minimum atomic E-state index is -3.60. The molecule has 1 aliphatic rings. The molecule has 0 spiro atoms. The first-order valence-corrected chi connectivity index (χ1v) is 11.2. The lowest BCUT2D eigenvalue weighted by Gasteiger charge is -2.31. The standard InChI is InChI=1S/C21H25ClN2O3S/c1-16-4-3-13-24(14-16)21(25)18-7-5-17(6-8-18)15-23(2)28(26,27)20-11-9-19(22)10-12-20/h5-12,16H,3-4,13-15H2,1-2H3/t16-/m0/s1. The van der Waals surface area contributed by atoms with E-state index in [1.165, 1.54) is 23.5 Å². The Morgan fingerprint density at radius 1 is 1.14 bits per heavy atom. The molecule has 0 saturated carbocycles. The third-order valence-electron chi connectivity index (χ3n) is 5.07. The van der Waals surface area contributed by atoms with E-state index in [2.05, 4.69) is 6.92 Å². The Hall–Kier alpha value is -1.89. The van der Waals surface area contributed by atoms with Gasteiger partial charge >= 0.3 is 0 Å². The molecule has 2 aromatic rings. The smallest absolute Gasteiger partial charge is 0.253 e. The van der Waals surface area contributed by atoms with Crippen LogP contribution in [0, 0.1) is 5.92 Å². The van der Waals surface area contributed by atoms with Gasteiger partial charge in [-0.15, -0.1) is 0 Å². The lowest BCUT2D eigenvalue weighted by molar-refractivity contribution is 0.0683. The van der Waals surface area contributed by atoms with E-state index in [4.69, 9.17) is 11.6 Å². The van der Waals surface area contributed by atoms with Crippen LogP contribution in [0.3, 0.4) is 0 Å². The monoisotopic (exact) mass is 420 g/mol. The normalized spacial score (nSPS) is 17.7. The first-order valence-electron chi connectivity index (χ1n) is 9.37. The third-order valence-corrected chi connectivity index (χ3v) is 7.14. The highest BCUT2D eigenvalue weighted by Gasteiger charge is 2.23. The van der Waals surface area contributed by atoms with Crippen LogP contribution in [0.5, 0.6) is 0 Å². The number of nitrogens with zero attached hydrogens (tertiary/aromatic N) is 2. The largest absolute Gasteiger partial charge is 0.338 e. The molecule has 0 N–H and O–H groups in total. The first kappa shape index (κ1) is 20.8. The van der Waals surface area contributed by atoms with E-state index < -0.39 is 10.0 Å². The number of hydrogen-bond acceptors (Lipinski definition) is 3. The maximum absolute atomic E-state index is 12.7. The number of halogens is 1. The van der Waals surface area contributed by atoms with E-state index in [0.717, 1.165) is 31.5 Å². The lowest BCUT2D eigenvalue weighted by atomic mass is 9.99. The van der Waals surface area contributed by atoms with Crippen LogP contribution in [-0.2, 0) is 16.6 Å². The van der Waals surface area contributed by atoms with Crippen molar-refractivity contribution in [2.75, 3.05) is 20.1 Å². The predicted molar refractivity (Wildman–Crippen MR) is 111 cm³/mol. The minimum Gasteiger partial charge on any atom is -0.338 e. The highest BCUT2D eigenvalue weighted by Crippen LogP contribution is 2.21. The van der Waals surface area contributed by atoms with Crippen LogP contribution < -0.4 is 0 Å². The number of likely N-dealkylation sites (tertiary alicyclic amines) is 1. The fourth-order valence-corrected chi connectivity index (χ4v) is 4.72. The summed E-state index contributed by atoms with van der Waals surface area (Å²) in [4.78, 5) is 14.8. The van der Waals surface area contributed by atoms with Crippen LogP contribution in [0.15, 0.2) is 53.4 Å². The maximum atomic E-state index is 12.7. The van der Waals surface area contributed by atoms with Gasteiger partial charge in [0.1, 0.15) is 0 Å². The zero-order valence-electron chi connectivity index (χ0n) is 16.1. The third kappa shape index (κ3) is 4.74. The molecule has 0 bridgehead atoms. The van der Waals surface area contributed by atoms with Gasteiger partial charge in [-0.25, -0.2) is 8.42 Å². The van der Waals surface area contributed by atoms with Gasteiger partial charge in [-0.2, -0.15) is 4.31 Å². The van der Waals surface area contributed by atoms with Crippen molar-refractivity contribution in [3.8, 4) is 0 Å². The fraction of sp³-hybridized carbons (Fsp3) is 0.381. The molecule has 2 aromatic carbocycles. The summed E-state index contributed by atoms with van der Waals surface area (Å²) in [6, 6.07) is 13.3. The number of carbonyl (C=O) groups is 1. The van der Waals surface area contributed by atoms with Crippen molar-refractivity contribution in [2.45, 2.75) is 31.2 Å². The van der Waals surface area contributed by atoms with Crippen LogP contribution in [0.2, 0.25) is 5.02 Å². The SMILES string of the molecule is C[C@H]1CCCN(C(=O)c2ccc(CN(C)S(=O)(=O)c3ccc(Cl)cc3)cc2)C1. The molecule has 0 aromatic heterocycles. The summed E-state index contributed by atoms with van der Waals surface area (Å²) in [5.41, 5.74) is 1.46. The average molecular weight is 421 g/mol. The molecule has 28 heavy (non-hydrogen) atoms. The summed E-state index contributed by atoms with van der Waals surface area (Å²) in [7, 11) is -2.06. The number of hydrogen-bond donors (Lipinski definition) is 0. The average Bonchev–Trinajstić information content (AvgIpc) is 2.68. The van der Waals surface area contributed by atoms with Crippen molar-refractivity contribution in [3.05, 3.63) is 64.7 Å². The van der Waals surface area contributed by atoms with Gasteiger partial charge in [-0.1, -0.05) is 30.7 Å². The maximum Gasteiger partial charge on any atom is 0.253 e. The van der Waals surface area contributed by atoms with Crippen LogP contribution in [-0.4, -0.2) is 43.7 Å². The Kier molecular flexibility index (Phi) is 6.43. The van der Waals surface area contributed by atoms with Crippen molar-refractivity contribution < 1.29 is 13.2 Å². The summed E-state index contributed by atoms with van der Waals surface area (Å²) in [6.07, 6.45) is 2.20. The van der Waals surface area contributed by atoms with Crippen molar-refractivity contribution in [1.29, 1.82) is 0 Å². The Bertz CT molecular complexity index is 927. The first-order chi connectivity index (χ1) is 13.3. The van der Waals surface area contributed by atoms with Crippen LogP contribution in [0.25, 0.3) is 0 Å². The van der Waals surface area contributed by atoms with Crippen LogP contribution in [0.4, 0.5) is 0 Å². The number of sulfonamides is 1. The molecule has 150 valence electrons. The molecule has 0 aliphatic carbocycles. The molecule has 1 fully saturated rings. The van der Waals surface area contributed by atoms with E-state index in [1.807, 2.05) is 17.0 Å². The molecule has 3 rings (SSSR count). The van der Waals surface area contributed by atoms with E-state index in [9.17, 15) is 13.2 Å². The van der Waals surface area contributed by atoms with Gasteiger partial charge in [-0.3, -0.25) is 4.79 Å². The number of carbonyl (C=O) groups excluding carboxylic acids is 1. The number of piperidine rings is 1. The summed E-state index contributed by atoms with van der Waals surface area (Å²) < 4.78 is 26.7. The van der Waals surface area contributed by atoms with Crippen LogP contribution in [0.1, 0.15) is 35.7 Å². The van der Waals surface area contributed by atoms with Crippen molar-refractivity contribution in [1.82, 2.24) is 9.21 Å².